The molecule has 0 aliphatic heterocycles. The van der Waals surface area contributed by atoms with Gasteiger partial charge in [0.1, 0.15) is 0 Å². The molecule has 2 aromatic carbocycles. The second kappa shape index (κ2) is 9.59. The summed E-state index contributed by atoms with van der Waals surface area (Å²) in [6.45, 7) is 2.99. The Bertz CT molecular complexity index is 608. The molecule has 0 saturated carbocycles. The molecule has 0 aromatic heterocycles. The highest BCUT2D eigenvalue weighted by atomic mass is 16.5. The van der Waals surface area contributed by atoms with E-state index in [1.807, 2.05) is 42.5 Å². The van der Waals surface area contributed by atoms with Gasteiger partial charge in [0.15, 0.2) is 0 Å². The lowest BCUT2D eigenvalue weighted by Crippen LogP contribution is -2.20. The summed E-state index contributed by atoms with van der Waals surface area (Å²) in [6, 6.07) is 20.7. The predicted molar refractivity (Wildman–Crippen MR) is 92.9 cm³/mol. The minimum absolute atomic E-state index is 0.155. The Kier molecular flexibility index (Phi) is 7.08. The third kappa shape index (κ3) is 6.09. The highest BCUT2D eigenvalue weighted by Crippen LogP contribution is 2.18. The van der Waals surface area contributed by atoms with Crippen LogP contribution in [0.15, 0.2) is 72.8 Å². The summed E-state index contributed by atoms with van der Waals surface area (Å²) in [5, 5.41) is 3.55. The van der Waals surface area contributed by atoms with E-state index in [1.54, 1.807) is 6.92 Å². The third-order valence-corrected chi connectivity index (χ3v) is 3.51. The Morgan fingerprint density at radius 3 is 2.39 bits per heavy atom. The number of benzene rings is 2. The maximum atomic E-state index is 11.4. The summed E-state index contributed by atoms with van der Waals surface area (Å²) in [5.41, 5.74) is 2.44. The quantitative estimate of drug-likeness (QED) is 0.591. The standard InChI is InChI=1S/C20H23NO2/c1-2-23-20(22)15-9-14-19(18-12-7-4-8-13-18)21-16-17-10-5-3-6-11-17/h3-13,15,19,21H,2,14,16H2,1H3/b15-9+. The monoisotopic (exact) mass is 309 g/mol. The van der Waals surface area contributed by atoms with Gasteiger partial charge in [-0.2, -0.15) is 0 Å². The molecule has 23 heavy (non-hydrogen) atoms. The predicted octanol–water partition coefficient (Wildman–Crippen LogP) is 4.03. The molecule has 0 bridgehead atoms. The largest absolute Gasteiger partial charge is 0.463 e. The molecule has 2 rings (SSSR count). The molecule has 0 saturated heterocycles. The minimum atomic E-state index is -0.289. The van der Waals surface area contributed by atoms with Gasteiger partial charge in [-0.25, -0.2) is 4.79 Å². The van der Waals surface area contributed by atoms with Gasteiger partial charge in [0.25, 0.3) is 0 Å². The second-order valence-electron chi connectivity index (χ2n) is 5.22. The van der Waals surface area contributed by atoms with Crippen LogP contribution in [0.1, 0.15) is 30.5 Å². The van der Waals surface area contributed by atoms with Crippen LogP contribution in [0.3, 0.4) is 0 Å². The van der Waals surface area contributed by atoms with Gasteiger partial charge in [-0.15, -0.1) is 0 Å². The fourth-order valence-electron chi connectivity index (χ4n) is 2.35. The van der Waals surface area contributed by atoms with Crippen molar-refractivity contribution in [1.29, 1.82) is 0 Å². The van der Waals surface area contributed by atoms with Gasteiger partial charge in [-0.3, -0.25) is 0 Å². The lowest BCUT2D eigenvalue weighted by Gasteiger charge is -2.18. The van der Waals surface area contributed by atoms with E-state index in [-0.39, 0.29) is 12.0 Å². The lowest BCUT2D eigenvalue weighted by atomic mass is 10.0. The Balaban J connectivity index is 1.99. The molecule has 0 aliphatic carbocycles. The maximum absolute atomic E-state index is 11.4. The van der Waals surface area contributed by atoms with Crippen LogP contribution in [-0.2, 0) is 16.1 Å². The van der Waals surface area contributed by atoms with Crippen molar-refractivity contribution < 1.29 is 9.53 Å². The topological polar surface area (TPSA) is 38.3 Å². The number of rotatable bonds is 8. The molecule has 0 spiro atoms. The highest BCUT2D eigenvalue weighted by Gasteiger charge is 2.09. The number of esters is 1. The molecule has 120 valence electrons. The summed E-state index contributed by atoms with van der Waals surface area (Å²) in [7, 11) is 0. The zero-order valence-electron chi connectivity index (χ0n) is 13.4. The fraction of sp³-hybridized carbons (Fsp3) is 0.250. The first kappa shape index (κ1) is 17.0. The molecular weight excluding hydrogens is 286 g/mol. The fourth-order valence-corrected chi connectivity index (χ4v) is 2.35. The van der Waals surface area contributed by atoms with Gasteiger partial charge in [-0.1, -0.05) is 66.7 Å². The SMILES string of the molecule is CCOC(=O)/C=C/CC(NCc1ccccc1)c1ccccc1. The Morgan fingerprint density at radius 2 is 1.74 bits per heavy atom. The highest BCUT2D eigenvalue weighted by molar-refractivity contribution is 5.81. The average Bonchev–Trinajstić information content (AvgIpc) is 2.60. The normalized spacial score (nSPS) is 12.2. The van der Waals surface area contributed by atoms with Crippen molar-refractivity contribution in [3.63, 3.8) is 0 Å². The Hall–Kier alpha value is -2.39. The molecule has 0 heterocycles. The number of hydrogen-bond donors (Lipinski definition) is 1. The van der Waals surface area contributed by atoms with E-state index in [1.165, 1.54) is 17.2 Å². The van der Waals surface area contributed by atoms with Gasteiger partial charge in [-0.05, 0) is 24.5 Å². The van der Waals surface area contributed by atoms with Crippen molar-refractivity contribution in [3.8, 4) is 0 Å². The molecule has 0 radical (unpaired) electrons. The molecule has 0 amide bonds. The van der Waals surface area contributed by atoms with Crippen molar-refractivity contribution in [1.82, 2.24) is 5.32 Å². The van der Waals surface area contributed by atoms with E-state index < -0.39 is 0 Å². The number of hydrogen-bond acceptors (Lipinski definition) is 3. The zero-order chi connectivity index (χ0) is 16.3. The van der Waals surface area contributed by atoms with Crippen molar-refractivity contribution in [2.75, 3.05) is 6.61 Å². The second-order valence-corrected chi connectivity index (χ2v) is 5.22. The van der Waals surface area contributed by atoms with Crippen LogP contribution < -0.4 is 5.32 Å². The molecular formula is C20H23NO2. The van der Waals surface area contributed by atoms with Gasteiger partial charge in [0.2, 0.25) is 0 Å². The van der Waals surface area contributed by atoms with Gasteiger partial charge >= 0.3 is 5.97 Å². The van der Waals surface area contributed by atoms with Crippen LogP contribution in [0.4, 0.5) is 0 Å². The van der Waals surface area contributed by atoms with Crippen LogP contribution >= 0.6 is 0 Å². The van der Waals surface area contributed by atoms with Crippen molar-refractivity contribution in [3.05, 3.63) is 83.9 Å². The van der Waals surface area contributed by atoms with Crippen molar-refractivity contribution in [2.24, 2.45) is 0 Å². The molecule has 3 heteroatoms. The lowest BCUT2D eigenvalue weighted by molar-refractivity contribution is -0.137. The van der Waals surface area contributed by atoms with Crippen LogP contribution in [0, 0.1) is 0 Å². The Labute approximate surface area is 138 Å². The summed E-state index contributed by atoms with van der Waals surface area (Å²) < 4.78 is 4.91. The van der Waals surface area contributed by atoms with Crippen LogP contribution in [0.5, 0.6) is 0 Å². The third-order valence-electron chi connectivity index (χ3n) is 3.51. The summed E-state index contributed by atoms with van der Waals surface area (Å²) >= 11 is 0. The minimum Gasteiger partial charge on any atom is -0.463 e. The molecule has 2 aromatic rings. The molecule has 0 fully saturated rings. The van der Waals surface area contributed by atoms with Gasteiger partial charge in [0.05, 0.1) is 6.61 Å². The van der Waals surface area contributed by atoms with Crippen LogP contribution in [0.25, 0.3) is 0 Å². The van der Waals surface area contributed by atoms with E-state index >= 15 is 0 Å². The number of carbonyl (C=O) groups is 1. The summed E-state index contributed by atoms with van der Waals surface area (Å²) in [5.74, 6) is -0.289. The zero-order valence-corrected chi connectivity index (χ0v) is 13.4. The molecule has 3 nitrogen and oxygen atoms in total. The molecule has 0 aliphatic rings. The summed E-state index contributed by atoms with van der Waals surface area (Å²) in [4.78, 5) is 11.4. The smallest absolute Gasteiger partial charge is 0.330 e. The van der Waals surface area contributed by atoms with Crippen molar-refractivity contribution in [2.45, 2.75) is 25.9 Å². The van der Waals surface area contributed by atoms with E-state index in [2.05, 4.69) is 29.6 Å². The van der Waals surface area contributed by atoms with E-state index in [4.69, 9.17) is 4.74 Å². The molecule has 1 atom stereocenters. The number of carbonyl (C=O) groups excluding carboxylic acids is 1. The first-order valence-electron chi connectivity index (χ1n) is 7.95. The van der Waals surface area contributed by atoms with Gasteiger partial charge in [0, 0.05) is 18.7 Å². The Morgan fingerprint density at radius 1 is 1.09 bits per heavy atom. The first-order chi connectivity index (χ1) is 11.3. The first-order valence-corrected chi connectivity index (χ1v) is 7.95. The van der Waals surface area contributed by atoms with Crippen LogP contribution in [0.2, 0.25) is 0 Å². The van der Waals surface area contributed by atoms with E-state index in [0.717, 1.165) is 13.0 Å². The average molecular weight is 309 g/mol. The van der Waals surface area contributed by atoms with Crippen molar-refractivity contribution >= 4 is 5.97 Å². The van der Waals surface area contributed by atoms with Crippen LogP contribution in [-0.4, -0.2) is 12.6 Å². The van der Waals surface area contributed by atoms with Gasteiger partial charge < -0.3 is 10.1 Å². The van der Waals surface area contributed by atoms with E-state index in [9.17, 15) is 4.79 Å². The maximum Gasteiger partial charge on any atom is 0.330 e. The molecule has 1 unspecified atom stereocenters. The summed E-state index contributed by atoms with van der Waals surface area (Å²) in [6.07, 6.45) is 4.10. The number of ether oxygens (including phenoxy) is 1. The number of nitrogens with one attached hydrogen (secondary N) is 1. The molecule has 1 N–H and O–H groups in total. The van der Waals surface area contributed by atoms with E-state index in [0.29, 0.717) is 6.61 Å².